The SMILES string of the molecule is Cc1ccc([N+](=O)[O-])cc1-c1noc(CC(C)CN)n1. The normalized spacial score (nSPS) is 12.3. The van der Waals surface area contributed by atoms with Crippen LogP contribution >= 0.6 is 0 Å². The molecule has 2 N–H and O–H groups in total. The predicted molar refractivity (Wildman–Crippen MR) is 73.0 cm³/mol. The highest BCUT2D eigenvalue weighted by atomic mass is 16.6. The van der Waals surface area contributed by atoms with Crippen LogP contribution in [0, 0.1) is 23.0 Å². The van der Waals surface area contributed by atoms with Crippen molar-refractivity contribution in [2.24, 2.45) is 11.7 Å². The molecular weight excluding hydrogens is 260 g/mol. The molecule has 1 aromatic carbocycles. The molecule has 1 unspecified atom stereocenters. The summed E-state index contributed by atoms with van der Waals surface area (Å²) in [6.07, 6.45) is 0.595. The molecule has 1 aromatic heterocycles. The van der Waals surface area contributed by atoms with E-state index in [9.17, 15) is 10.1 Å². The van der Waals surface area contributed by atoms with Gasteiger partial charge >= 0.3 is 0 Å². The van der Waals surface area contributed by atoms with Gasteiger partial charge in [0.15, 0.2) is 0 Å². The molecule has 7 heteroatoms. The lowest BCUT2D eigenvalue weighted by molar-refractivity contribution is -0.384. The van der Waals surface area contributed by atoms with Crippen molar-refractivity contribution in [3.8, 4) is 11.4 Å². The molecule has 20 heavy (non-hydrogen) atoms. The summed E-state index contributed by atoms with van der Waals surface area (Å²) in [5.41, 5.74) is 7.02. The average Bonchev–Trinajstić information content (AvgIpc) is 2.87. The van der Waals surface area contributed by atoms with E-state index in [2.05, 4.69) is 10.1 Å². The molecule has 0 aliphatic heterocycles. The Labute approximate surface area is 115 Å². The fourth-order valence-corrected chi connectivity index (χ4v) is 1.79. The maximum Gasteiger partial charge on any atom is 0.270 e. The number of nitrogens with zero attached hydrogens (tertiary/aromatic N) is 3. The Morgan fingerprint density at radius 3 is 2.90 bits per heavy atom. The summed E-state index contributed by atoms with van der Waals surface area (Å²) in [4.78, 5) is 14.6. The Morgan fingerprint density at radius 1 is 1.50 bits per heavy atom. The van der Waals surface area contributed by atoms with Gasteiger partial charge in [-0.05, 0) is 24.9 Å². The van der Waals surface area contributed by atoms with Gasteiger partial charge in [-0.15, -0.1) is 0 Å². The number of nitrogens with two attached hydrogens (primary N) is 1. The molecule has 1 atom stereocenters. The van der Waals surface area contributed by atoms with Gasteiger partial charge in [-0.25, -0.2) is 0 Å². The Balaban J connectivity index is 2.32. The van der Waals surface area contributed by atoms with Gasteiger partial charge in [0.05, 0.1) is 4.92 Å². The first-order valence-electron chi connectivity index (χ1n) is 6.29. The maximum absolute atomic E-state index is 10.8. The summed E-state index contributed by atoms with van der Waals surface area (Å²) in [7, 11) is 0. The number of aromatic nitrogens is 2. The van der Waals surface area contributed by atoms with Gasteiger partial charge in [0.25, 0.3) is 5.69 Å². The van der Waals surface area contributed by atoms with Crippen LogP contribution in [0.25, 0.3) is 11.4 Å². The van der Waals surface area contributed by atoms with E-state index in [-0.39, 0.29) is 11.6 Å². The van der Waals surface area contributed by atoms with Gasteiger partial charge in [0, 0.05) is 24.1 Å². The van der Waals surface area contributed by atoms with Crippen LogP contribution in [0.5, 0.6) is 0 Å². The molecule has 1 heterocycles. The maximum atomic E-state index is 10.8. The molecular formula is C13H16N4O3. The van der Waals surface area contributed by atoms with Crippen LogP contribution < -0.4 is 5.73 Å². The summed E-state index contributed by atoms with van der Waals surface area (Å²) in [6, 6.07) is 4.58. The summed E-state index contributed by atoms with van der Waals surface area (Å²) in [5.74, 6) is 1.10. The van der Waals surface area contributed by atoms with Crippen molar-refractivity contribution in [2.75, 3.05) is 6.54 Å². The van der Waals surface area contributed by atoms with Gasteiger partial charge < -0.3 is 10.3 Å². The highest BCUT2D eigenvalue weighted by Crippen LogP contribution is 2.25. The number of hydrogen-bond donors (Lipinski definition) is 1. The van der Waals surface area contributed by atoms with Crippen LogP contribution in [0.1, 0.15) is 18.4 Å². The standard InChI is InChI=1S/C13H16N4O3/c1-8(7-14)5-12-15-13(16-20-12)11-6-10(17(18)19)4-3-9(11)2/h3-4,6,8H,5,7,14H2,1-2H3. The van der Waals surface area contributed by atoms with Gasteiger partial charge in [0.2, 0.25) is 11.7 Å². The predicted octanol–water partition coefficient (Wildman–Crippen LogP) is 2.09. The number of rotatable bonds is 5. The minimum atomic E-state index is -0.444. The zero-order valence-corrected chi connectivity index (χ0v) is 11.4. The van der Waals surface area contributed by atoms with Crippen LogP contribution in [-0.4, -0.2) is 21.6 Å². The first-order valence-corrected chi connectivity index (χ1v) is 6.29. The molecule has 0 aliphatic carbocycles. The van der Waals surface area contributed by atoms with E-state index >= 15 is 0 Å². The third-order valence-corrected chi connectivity index (χ3v) is 3.07. The van der Waals surface area contributed by atoms with E-state index < -0.39 is 4.92 Å². The minimum Gasteiger partial charge on any atom is -0.339 e. The number of nitro groups is 1. The average molecular weight is 276 g/mol. The van der Waals surface area contributed by atoms with Crippen molar-refractivity contribution in [1.29, 1.82) is 0 Å². The van der Waals surface area contributed by atoms with Crippen molar-refractivity contribution in [1.82, 2.24) is 10.1 Å². The largest absolute Gasteiger partial charge is 0.339 e. The lowest BCUT2D eigenvalue weighted by Gasteiger charge is -2.02. The topological polar surface area (TPSA) is 108 Å². The van der Waals surface area contributed by atoms with Gasteiger partial charge in [-0.1, -0.05) is 18.1 Å². The number of aryl methyl sites for hydroxylation is 1. The molecule has 0 saturated carbocycles. The lowest BCUT2D eigenvalue weighted by atomic mass is 10.1. The van der Waals surface area contributed by atoms with E-state index in [0.717, 1.165) is 5.56 Å². The number of benzene rings is 1. The van der Waals surface area contributed by atoms with Crippen LogP contribution in [-0.2, 0) is 6.42 Å². The van der Waals surface area contributed by atoms with Crippen molar-refractivity contribution >= 4 is 5.69 Å². The highest BCUT2D eigenvalue weighted by molar-refractivity contribution is 5.63. The zero-order chi connectivity index (χ0) is 14.7. The fourth-order valence-electron chi connectivity index (χ4n) is 1.79. The van der Waals surface area contributed by atoms with Gasteiger partial charge in [0.1, 0.15) is 0 Å². The lowest BCUT2D eigenvalue weighted by Crippen LogP contribution is -2.13. The second-order valence-corrected chi connectivity index (χ2v) is 4.81. The van der Waals surface area contributed by atoms with Crippen LogP contribution in [0.15, 0.2) is 22.7 Å². The Kier molecular flexibility index (Phi) is 4.09. The molecule has 0 amide bonds. The van der Waals surface area contributed by atoms with Crippen LogP contribution in [0.4, 0.5) is 5.69 Å². The third kappa shape index (κ3) is 3.00. The Bertz CT molecular complexity index is 624. The summed E-state index contributed by atoms with van der Waals surface area (Å²) in [5, 5.41) is 14.7. The Morgan fingerprint density at radius 2 is 2.25 bits per heavy atom. The second kappa shape index (κ2) is 5.79. The van der Waals surface area contributed by atoms with Crippen molar-refractivity contribution in [2.45, 2.75) is 20.3 Å². The summed E-state index contributed by atoms with van der Waals surface area (Å²) in [6.45, 7) is 4.37. The summed E-state index contributed by atoms with van der Waals surface area (Å²) < 4.78 is 5.16. The monoisotopic (exact) mass is 276 g/mol. The highest BCUT2D eigenvalue weighted by Gasteiger charge is 2.16. The van der Waals surface area contributed by atoms with Crippen molar-refractivity contribution < 1.29 is 9.45 Å². The molecule has 0 saturated heterocycles. The number of hydrogen-bond acceptors (Lipinski definition) is 6. The number of non-ortho nitro benzene ring substituents is 1. The smallest absolute Gasteiger partial charge is 0.270 e. The quantitative estimate of drug-likeness (QED) is 0.661. The van der Waals surface area contributed by atoms with E-state index in [1.807, 2.05) is 13.8 Å². The van der Waals surface area contributed by atoms with E-state index in [0.29, 0.717) is 30.2 Å². The third-order valence-electron chi connectivity index (χ3n) is 3.07. The molecule has 0 bridgehead atoms. The minimum absolute atomic E-state index is 0.00674. The molecule has 7 nitrogen and oxygen atoms in total. The molecule has 2 rings (SSSR count). The summed E-state index contributed by atoms with van der Waals surface area (Å²) >= 11 is 0. The van der Waals surface area contributed by atoms with Crippen LogP contribution in [0.2, 0.25) is 0 Å². The van der Waals surface area contributed by atoms with E-state index in [1.54, 1.807) is 6.07 Å². The van der Waals surface area contributed by atoms with Crippen LogP contribution in [0.3, 0.4) is 0 Å². The molecule has 106 valence electrons. The molecule has 0 spiro atoms. The van der Waals surface area contributed by atoms with Gasteiger partial charge in [-0.2, -0.15) is 4.98 Å². The molecule has 0 radical (unpaired) electrons. The molecule has 0 aliphatic rings. The fraction of sp³-hybridized carbons (Fsp3) is 0.385. The van der Waals surface area contributed by atoms with Crippen molar-refractivity contribution in [3.05, 3.63) is 39.8 Å². The van der Waals surface area contributed by atoms with E-state index in [1.165, 1.54) is 12.1 Å². The second-order valence-electron chi connectivity index (χ2n) is 4.81. The number of nitro benzene ring substituents is 1. The first-order chi connectivity index (χ1) is 9.51. The first kappa shape index (κ1) is 14.1. The Hall–Kier alpha value is -2.28. The van der Waals surface area contributed by atoms with Gasteiger partial charge in [-0.3, -0.25) is 10.1 Å². The molecule has 0 fully saturated rings. The van der Waals surface area contributed by atoms with E-state index in [4.69, 9.17) is 10.3 Å². The zero-order valence-electron chi connectivity index (χ0n) is 11.4. The molecule has 2 aromatic rings. The van der Waals surface area contributed by atoms with Crippen molar-refractivity contribution in [3.63, 3.8) is 0 Å².